The van der Waals surface area contributed by atoms with E-state index in [0.717, 1.165) is 5.56 Å². The standard InChI is InChI=1S/C28H24N4O3/c1-2-35-22-14-12-21(13-15-22)32-27(33)24-11-7-6-10-23(24)25(28(32)34)18-29-26-16-17-30-31(26)19-20-8-4-3-5-9-20/h3-18,34H,2,19H2,1H3/b29-18+. The van der Waals surface area contributed by atoms with E-state index in [0.29, 0.717) is 46.7 Å². The highest BCUT2D eigenvalue weighted by Crippen LogP contribution is 2.27. The lowest BCUT2D eigenvalue weighted by Crippen LogP contribution is -2.20. The Labute approximate surface area is 202 Å². The predicted molar refractivity (Wildman–Crippen MR) is 137 cm³/mol. The van der Waals surface area contributed by atoms with E-state index < -0.39 is 0 Å². The van der Waals surface area contributed by atoms with Gasteiger partial charge >= 0.3 is 0 Å². The topological polar surface area (TPSA) is 81.6 Å². The maximum Gasteiger partial charge on any atom is 0.265 e. The SMILES string of the molecule is CCOc1ccc(-n2c(O)c(/C=N/c3ccnn3Cc3ccccc3)c3ccccc3c2=O)cc1. The average Bonchev–Trinajstić information content (AvgIpc) is 3.32. The Kier molecular flexibility index (Phi) is 6.13. The molecule has 0 unspecified atom stereocenters. The quantitative estimate of drug-likeness (QED) is 0.340. The number of pyridine rings is 1. The third kappa shape index (κ3) is 4.44. The second-order valence-electron chi connectivity index (χ2n) is 7.94. The molecule has 5 aromatic rings. The molecule has 7 nitrogen and oxygen atoms in total. The van der Waals surface area contributed by atoms with Crippen molar-refractivity contribution in [3.8, 4) is 17.3 Å². The van der Waals surface area contributed by atoms with Crippen LogP contribution >= 0.6 is 0 Å². The first-order valence-electron chi connectivity index (χ1n) is 11.4. The normalized spacial score (nSPS) is 11.3. The van der Waals surface area contributed by atoms with Crippen LogP contribution in [0.3, 0.4) is 0 Å². The van der Waals surface area contributed by atoms with E-state index in [1.807, 2.05) is 49.4 Å². The summed E-state index contributed by atoms with van der Waals surface area (Å²) in [5, 5.41) is 16.7. The van der Waals surface area contributed by atoms with Crippen molar-refractivity contribution in [3.05, 3.63) is 113 Å². The minimum atomic E-state index is -0.312. The molecule has 3 aromatic carbocycles. The Bertz CT molecular complexity index is 1550. The molecule has 5 rings (SSSR count). The van der Waals surface area contributed by atoms with Crippen LogP contribution in [0.2, 0.25) is 0 Å². The van der Waals surface area contributed by atoms with Gasteiger partial charge in [0.25, 0.3) is 5.56 Å². The second kappa shape index (κ2) is 9.69. The lowest BCUT2D eigenvalue weighted by Gasteiger charge is -2.14. The molecule has 7 heteroatoms. The number of aliphatic imine (C=N–C) groups is 1. The minimum Gasteiger partial charge on any atom is -0.494 e. The van der Waals surface area contributed by atoms with Gasteiger partial charge in [-0.3, -0.25) is 4.79 Å². The fraction of sp³-hybridized carbons (Fsp3) is 0.107. The van der Waals surface area contributed by atoms with Crippen LogP contribution in [0, 0.1) is 0 Å². The van der Waals surface area contributed by atoms with Crippen molar-refractivity contribution in [2.24, 2.45) is 4.99 Å². The molecule has 0 bridgehead atoms. The summed E-state index contributed by atoms with van der Waals surface area (Å²) in [5.41, 5.74) is 1.77. The molecular weight excluding hydrogens is 440 g/mol. The Balaban J connectivity index is 1.59. The van der Waals surface area contributed by atoms with Gasteiger partial charge in [0, 0.05) is 23.1 Å². The fourth-order valence-corrected chi connectivity index (χ4v) is 4.03. The van der Waals surface area contributed by atoms with Gasteiger partial charge in [0.15, 0.2) is 5.82 Å². The number of ether oxygens (including phenoxy) is 1. The van der Waals surface area contributed by atoms with Crippen molar-refractivity contribution in [3.63, 3.8) is 0 Å². The van der Waals surface area contributed by atoms with Crippen molar-refractivity contribution in [1.82, 2.24) is 14.3 Å². The molecule has 0 aliphatic carbocycles. The summed E-state index contributed by atoms with van der Waals surface area (Å²) >= 11 is 0. The molecule has 0 saturated carbocycles. The number of benzene rings is 3. The Morgan fingerprint density at radius 1 is 0.943 bits per heavy atom. The summed E-state index contributed by atoms with van der Waals surface area (Å²) in [4.78, 5) is 17.9. The number of aromatic nitrogens is 3. The van der Waals surface area contributed by atoms with Crippen LogP contribution in [0.25, 0.3) is 16.5 Å². The van der Waals surface area contributed by atoms with Crippen LogP contribution in [-0.2, 0) is 6.54 Å². The molecule has 2 aromatic heterocycles. The molecular formula is C28H24N4O3. The third-order valence-electron chi connectivity index (χ3n) is 5.70. The van der Waals surface area contributed by atoms with E-state index >= 15 is 0 Å². The predicted octanol–water partition coefficient (Wildman–Crippen LogP) is 5.09. The van der Waals surface area contributed by atoms with Crippen molar-refractivity contribution >= 4 is 22.8 Å². The van der Waals surface area contributed by atoms with Gasteiger partial charge in [0.2, 0.25) is 5.88 Å². The van der Waals surface area contributed by atoms with Crippen molar-refractivity contribution in [2.75, 3.05) is 6.61 Å². The van der Waals surface area contributed by atoms with E-state index in [4.69, 9.17) is 4.74 Å². The van der Waals surface area contributed by atoms with E-state index in [1.165, 1.54) is 4.57 Å². The molecule has 1 N–H and O–H groups in total. The monoisotopic (exact) mass is 464 g/mol. The van der Waals surface area contributed by atoms with Crippen LogP contribution in [0.1, 0.15) is 18.1 Å². The highest BCUT2D eigenvalue weighted by molar-refractivity contribution is 6.02. The molecule has 0 aliphatic heterocycles. The van der Waals surface area contributed by atoms with Crippen LogP contribution in [0.4, 0.5) is 5.82 Å². The summed E-state index contributed by atoms with van der Waals surface area (Å²) in [6.07, 6.45) is 3.27. The van der Waals surface area contributed by atoms with Gasteiger partial charge in [-0.05, 0) is 42.8 Å². The summed E-state index contributed by atoms with van der Waals surface area (Å²) in [6.45, 7) is 3.02. The molecule has 0 aliphatic rings. The van der Waals surface area contributed by atoms with Crippen LogP contribution < -0.4 is 10.3 Å². The lowest BCUT2D eigenvalue weighted by atomic mass is 10.1. The van der Waals surface area contributed by atoms with Crippen LogP contribution in [-0.4, -0.2) is 32.3 Å². The summed E-state index contributed by atoms with van der Waals surface area (Å²) in [5.74, 6) is 1.14. The van der Waals surface area contributed by atoms with Gasteiger partial charge in [0.05, 0.1) is 30.6 Å². The smallest absolute Gasteiger partial charge is 0.265 e. The van der Waals surface area contributed by atoms with Gasteiger partial charge in [-0.25, -0.2) is 14.2 Å². The van der Waals surface area contributed by atoms with Gasteiger partial charge < -0.3 is 9.84 Å². The molecule has 0 radical (unpaired) electrons. The van der Waals surface area contributed by atoms with E-state index in [2.05, 4.69) is 10.1 Å². The zero-order valence-electron chi connectivity index (χ0n) is 19.2. The minimum absolute atomic E-state index is 0.185. The number of rotatable bonds is 7. The highest BCUT2D eigenvalue weighted by Gasteiger charge is 2.16. The first kappa shape index (κ1) is 22.2. The maximum atomic E-state index is 13.3. The highest BCUT2D eigenvalue weighted by atomic mass is 16.5. The van der Waals surface area contributed by atoms with Crippen molar-refractivity contribution in [2.45, 2.75) is 13.5 Å². The Morgan fingerprint density at radius 3 is 2.40 bits per heavy atom. The van der Waals surface area contributed by atoms with E-state index in [-0.39, 0.29) is 11.4 Å². The fourth-order valence-electron chi connectivity index (χ4n) is 4.03. The molecule has 35 heavy (non-hydrogen) atoms. The molecule has 0 spiro atoms. The Hall–Kier alpha value is -4.65. The van der Waals surface area contributed by atoms with Crippen molar-refractivity contribution in [1.29, 1.82) is 0 Å². The van der Waals surface area contributed by atoms with Gasteiger partial charge in [0.1, 0.15) is 5.75 Å². The van der Waals surface area contributed by atoms with E-state index in [9.17, 15) is 9.90 Å². The largest absolute Gasteiger partial charge is 0.494 e. The third-order valence-corrected chi connectivity index (χ3v) is 5.70. The second-order valence-corrected chi connectivity index (χ2v) is 7.94. The molecule has 2 heterocycles. The molecule has 174 valence electrons. The van der Waals surface area contributed by atoms with Crippen LogP contribution in [0.5, 0.6) is 11.6 Å². The summed E-state index contributed by atoms with van der Waals surface area (Å²) in [6, 6.07) is 26.0. The number of hydrogen-bond donors (Lipinski definition) is 1. The first-order valence-corrected chi connectivity index (χ1v) is 11.4. The molecule has 0 fully saturated rings. The molecule has 0 saturated heterocycles. The lowest BCUT2D eigenvalue weighted by molar-refractivity contribution is 0.340. The summed E-state index contributed by atoms with van der Waals surface area (Å²) < 4.78 is 8.58. The van der Waals surface area contributed by atoms with E-state index in [1.54, 1.807) is 59.6 Å². The Morgan fingerprint density at radius 2 is 1.66 bits per heavy atom. The molecule has 0 atom stereocenters. The number of hydrogen-bond acceptors (Lipinski definition) is 5. The van der Waals surface area contributed by atoms with Gasteiger partial charge in [-0.15, -0.1) is 0 Å². The number of nitrogens with zero attached hydrogens (tertiary/aromatic N) is 4. The number of fused-ring (bicyclic) bond motifs is 1. The van der Waals surface area contributed by atoms with Crippen LogP contribution in [0.15, 0.2) is 101 Å². The average molecular weight is 465 g/mol. The van der Waals surface area contributed by atoms with Gasteiger partial charge in [-0.2, -0.15) is 5.10 Å². The zero-order chi connectivity index (χ0) is 24.2. The maximum absolute atomic E-state index is 13.3. The molecule has 0 amide bonds. The summed E-state index contributed by atoms with van der Waals surface area (Å²) in [7, 11) is 0. The van der Waals surface area contributed by atoms with Gasteiger partial charge in [-0.1, -0.05) is 48.5 Å². The zero-order valence-corrected chi connectivity index (χ0v) is 19.2. The number of aromatic hydroxyl groups is 1. The first-order chi connectivity index (χ1) is 17.2. The van der Waals surface area contributed by atoms with Crippen molar-refractivity contribution < 1.29 is 9.84 Å².